The standard InChI is InChI=1S/C13H15F6N3O2/c14-12(15,16)8-23-7-1-6-21-11(20)22-9-2-4-10(5-3-9)24-13(17,18)19/h2-5H,1,6-8H2,(H3,20,21,22). The minimum atomic E-state index is -4.77. The summed E-state index contributed by atoms with van der Waals surface area (Å²) < 4.78 is 79.5. The lowest BCUT2D eigenvalue weighted by Gasteiger charge is -2.10. The van der Waals surface area contributed by atoms with Gasteiger partial charge in [0.05, 0.1) is 0 Å². The number of guanidine groups is 1. The van der Waals surface area contributed by atoms with Gasteiger partial charge in [0.1, 0.15) is 12.4 Å². The molecule has 0 saturated carbocycles. The molecule has 0 unspecified atom stereocenters. The second kappa shape index (κ2) is 8.62. The van der Waals surface area contributed by atoms with Crippen LogP contribution in [0.25, 0.3) is 0 Å². The number of ether oxygens (including phenoxy) is 2. The number of anilines is 1. The zero-order valence-corrected chi connectivity index (χ0v) is 12.2. The summed E-state index contributed by atoms with van der Waals surface area (Å²) in [4.78, 5) is 3.85. The van der Waals surface area contributed by atoms with Crippen LogP contribution >= 0.6 is 0 Å². The van der Waals surface area contributed by atoms with Crippen LogP contribution in [0.1, 0.15) is 6.42 Å². The van der Waals surface area contributed by atoms with Crippen molar-refractivity contribution in [2.24, 2.45) is 10.7 Å². The fourth-order valence-electron chi connectivity index (χ4n) is 1.48. The molecule has 0 heterocycles. The van der Waals surface area contributed by atoms with Crippen LogP contribution in [0.3, 0.4) is 0 Å². The molecule has 136 valence electrons. The summed E-state index contributed by atoms with van der Waals surface area (Å²) in [5, 5.41) is 2.62. The molecule has 0 atom stereocenters. The van der Waals surface area contributed by atoms with Gasteiger partial charge in [0, 0.05) is 18.8 Å². The first-order valence-electron chi connectivity index (χ1n) is 6.62. The summed E-state index contributed by atoms with van der Waals surface area (Å²) in [6, 6.07) is 4.79. The van der Waals surface area contributed by atoms with Crippen molar-refractivity contribution in [3.63, 3.8) is 0 Å². The highest BCUT2D eigenvalue weighted by Gasteiger charge is 2.31. The average Bonchev–Trinajstić information content (AvgIpc) is 2.42. The lowest BCUT2D eigenvalue weighted by molar-refractivity contribution is -0.274. The maximum atomic E-state index is 12.0. The molecule has 0 aliphatic carbocycles. The highest BCUT2D eigenvalue weighted by molar-refractivity contribution is 5.92. The van der Waals surface area contributed by atoms with E-state index in [0.717, 1.165) is 12.1 Å². The van der Waals surface area contributed by atoms with Crippen LogP contribution < -0.4 is 15.8 Å². The summed E-state index contributed by atoms with van der Waals surface area (Å²) in [5.74, 6) is -0.416. The van der Waals surface area contributed by atoms with E-state index in [0.29, 0.717) is 5.69 Å². The second-order valence-electron chi connectivity index (χ2n) is 4.49. The van der Waals surface area contributed by atoms with Crippen LogP contribution in [0.5, 0.6) is 5.75 Å². The number of benzene rings is 1. The fraction of sp³-hybridized carbons (Fsp3) is 0.462. The van der Waals surface area contributed by atoms with E-state index in [1.807, 2.05) is 0 Å². The quantitative estimate of drug-likeness (QED) is 0.339. The van der Waals surface area contributed by atoms with Gasteiger partial charge < -0.3 is 20.5 Å². The van der Waals surface area contributed by atoms with Crippen molar-refractivity contribution in [1.29, 1.82) is 0 Å². The Balaban J connectivity index is 2.32. The Morgan fingerprint density at radius 2 is 1.71 bits per heavy atom. The highest BCUT2D eigenvalue weighted by atomic mass is 19.4. The van der Waals surface area contributed by atoms with Crippen molar-refractivity contribution < 1.29 is 35.8 Å². The molecule has 5 nitrogen and oxygen atoms in total. The van der Waals surface area contributed by atoms with Crippen molar-refractivity contribution in [2.45, 2.75) is 19.0 Å². The zero-order chi connectivity index (χ0) is 18.2. The summed E-state index contributed by atoms with van der Waals surface area (Å²) in [5.41, 5.74) is 5.91. The summed E-state index contributed by atoms with van der Waals surface area (Å²) in [6.45, 7) is -1.32. The summed E-state index contributed by atoms with van der Waals surface area (Å²) in [7, 11) is 0. The largest absolute Gasteiger partial charge is 0.573 e. The number of aliphatic imine (C=N–C) groups is 1. The number of alkyl halides is 6. The van der Waals surface area contributed by atoms with E-state index in [1.54, 1.807) is 0 Å². The van der Waals surface area contributed by atoms with Gasteiger partial charge in [0.2, 0.25) is 0 Å². The number of nitrogens with zero attached hydrogens (tertiary/aromatic N) is 1. The van der Waals surface area contributed by atoms with E-state index in [9.17, 15) is 26.3 Å². The van der Waals surface area contributed by atoms with Crippen LogP contribution in [0, 0.1) is 0 Å². The maximum Gasteiger partial charge on any atom is 0.573 e. The van der Waals surface area contributed by atoms with Crippen molar-refractivity contribution in [1.82, 2.24) is 0 Å². The maximum absolute atomic E-state index is 12.0. The van der Waals surface area contributed by atoms with Gasteiger partial charge in [-0.05, 0) is 30.7 Å². The van der Waals surface area contributed by atoms with Crippen LogP contribution in [-0.4, -0.2) is 38.3 Å². The number of rotatable bonds is 7. The fourth-order valence-corrected chi connectivity index (χ4v) is 1.48. The van der Waals surface area contributed by atoms with E-state index < -0.39 is 19.1 Å². The van der Waals surface area contributed by atoms with Gasteiger partial charge in [0.15, 0.2) is 5.96 Å². The Hall–Kier alpha value is -2.17. The minimum absolute atomic E-state index is 0.0321. The molecule has 1 rings (SSSR count). The Bertz CT molecular complexity index is 528. The Morgan fingerprint density at radius 1 is 1.08 bits per heavy atom. The molecule has 0 aliphatic heterocycles. The predicted octanol–water partition coefficient (Wildman–Crippen LogP) is 3.28. The van der Waals surface area contributed by atoms with E-state index in [1.165, 1.54) is 12.1 Å². The van der Waals surface area contributed by atoms with Crippen molar-refractivity contribution in [2.75, 3.05) is 25.1 Å². The van der Waals surface area contributed by atoms with Gasteiger partial charge in [0.25, 0.3) is 0 Å². The van der Waals surface area contributed by atoms with Gasteiger partial charge in [-0.1, -0.05) is 0 Å². The molecule has 0 spiro atoms. The number of hydrogen-bond acceptors (Lipinski definition) is 3. The first-order valence-corrected chi connectivity index (χ1v) is 6.62. The monoisotopic (exact) mass is 359 g/mol. The molecule has 1 aromatic rings. The molecule has 24 heavy (non-hydrogen) atoms. The smallest absolute Gasteiger partial charge is 0.406 e. The van der Waals surface area contributed by atoms with Crippen molar-refractivity contribution in [3.8, 4) is 5.75 Å². The van der Waals surface area contributed by atoms with Crippen LogP contribution in [0.2, 0.25) is 0 Å². The van der Waals surface area contributed by atoms with Crippen LogP contribution in [0.4, 0.5) is 32.0 Å². The van der Waals surface area contributed by atoms with Gasteiger partial charge in [-0.2, -0.15) is 13.2 Å². The molecule has 0 bridgehead atoms. The van der Waals surface area contributed by atoms with Crippen molar-refractivity contribution >= 4 is 11.6 Å². The Labute approximate surface area is 133 Å². The van der Waals surface area contributed by atoms with Crippen LogP contribution in [-0.2, 0) is 4.74 Å². The third kappa shape index (κ3) is 9.77. The number of halogens is 6. The minimum Gasteiger partial charge on any atom is -0.406 e. The third-order valence-corrected chi connectivity index (χ3v) is 2.35. The average molecular weight is 359 g/mol. The van der Waals surface area contributed by atoms with E-state index >= 15 is 0 Å². The molecule has 0 radical (unpaired) electrons. The van der Waals surface area contributed by atoms with Gasteiger partial charge in [-0.3, -0.25) is 4.99 Å². The number of hydrogen-bond donors (Lipinski definition) is 2. The Kier molecular flexibility index (Phi) is 7.14. The molecule has 0 fully saturated rings. The molecule has 11 heteroatoms. The van der Waals surface area contributed by atoms with E-state index in [2.05, 4.69) is 19.8 Å². The molecular weight excluding hydrogens is 344 g/mol. The highest BCUT2D eigenvalue weighted by Crippen LogP contribution is 2.23. The van der Waals surface area contributed by atoms with Gasteiger partial charge in [-0.15, -0.1) is 13.2 Å². The van der Waals surface area contributed by atoms with Crippen LogP contribution in [0.15, 0.2) is 29.3 Å². The topological polar surface area (TPSA) is 68.9 Å². The first-order chi connectivity index (χ1) is 11.1. The summed E-state index contributed by atoms with van der Waals surface area (Å²) >= 11 is 0. The first kappa shape index (κ1) is 19.9. The molecule has 1 aromatic carbocycles. The normalized spacial score (nSPS) is 13.0. The third-order valence-electron chi connectivity index (χ3n) is 2.35. The second-order valence-corrected chi connectivity index (χ2v) is 4.49. The molecule has 3 N–H and O–H groups in total. The summed E-state index contributed by atoms with van der Waals surface area (Å²) in [6.07, 6.45) is -8.91. The number of nitrogens with two attached hydrogens (primary N) is 1. The van der Waals surface area contributed by atoms with E-state index in [4.69, 9.17) is 5.73 Å². The molecule has 0 saturated heterocycles. The van der Waals surface area contributed by atoms with Gasteiger partial charge >= 0.3 is 12.5 Å². The Morgan fingerprint density at radius 3 is 2.25 bits per heavy atom. The molecule has 0 amide bonds. The SMILES string of the molecule is NC(=NCCCOCC(F)(F)F)Nc1ccc(OC(F)(F)F)cc1. The molecule has 0 aliphatic rings. The van der Waals surface area contributed by atoms with E-state index in [-0.39, 0.29) is 31.3 Å². The lowest BCUT2D eigenvalue weighted by atomic mass is 10.3. The zero-order valence-electron chi connectivity index (χ0n) is 12.2. The van der Waals surface area contributed by atoms with Crippen molar-refractivity contribution in [3.05, 3.63) is 24.3 Å². The van der Waals surface area contributed by atoms with Gasteiger partial charge in [-0.25, -0.2) is 0 Å². The molecular formula is C13H15F6N3O2. The number of nitrogens with one attached hydrogen (secondary N) is 1. The predicted molar refractivity (Wildman–Crippen MR) is 74.7 cm³/mol. The molecule has 0 aromatic heterocycles. The lowest BCUT2D eigenvalue weighted by Crippen LogP contribution is -2.23.